The molecule has 0 radical (unpaired) electrons. The van der Waals surface area contributed by atoms with Gasteiger partial charge < -0.3 is 14.6 Å². The topological polar surface area (TPSA) is 72.8 Å². The zero-order valence-electron chi connectivity index (χ0n) is 13.4. The minimum atomic E-state index is -0.633. The Hall–Kier alpha value is -1.62. The largest absolute Gasteiger partial charge is 0.462 e. The molecule has 1 N–H and O–H groups in total. The lowest BCUT2D eigenvalue weighted by molar-refractivity contribution is -0.164. The van der Waals surface area contributed by atoms with Crippen molar-refractivity contribution in [3.63, 3.8) is 0 Å². The number of rotatable bonds is 1. The zero-order valence-corrected chi connectivity index (χ0v) is 13.4. The van der Waals surface area contributed by atoms with Gasteiger partial charge in [-0.1, -0.05) is 13.8 Å². The average molecular weight is 306 g/mol. The smallest absolute Gasteiger partial charge is 0.339 e. The van der Waals surface area contributed by atoms with Gasteiger partial charge >= 0.3 is 11.9 Å². The Morgan fingerprint density at radius 2 is 2.18 bits per heavy atom. The van der Waals surface area contributed by atoms with Crippen molar-refractivity contribution in [3.8, 4) is 0 Å². The number of fused-ring (bicyclic) bond motifs is 2. The van der Waals surface area contributed by atoms with Gasteiger partial charge in [0.15, 0.2) is 0 Å². The van der Waals surface area contributed by atoms with Crippen molar-refractivity contribution in [3.05, 3.63) is 23.0 Å². The van der Waals surface area contributed by atoms with Gasteiger partial charge in [0.05, 0.1) is 6.10 Å². The Morgan fingerprint density at radius 1 is 1.50 bits per heavy atom. The summed E-state index contributed by atoms with van der Waals surface area (Å²) in [5.41, 5.74) is 1.10. The first-order valence-corrected chi connectivity index (χ1v) is 7.74. The second-order valence-corrected chi connectivity index (χ2v) is 6.94. The normalized spacial score (nSPS) is 40.6. The third kappa shape index (κ3) is 2.10. The quantitative estimate of drug-likeness (QED) is 0.751. The monoisotopic (exact) mass is 306 g/mol. The van der Waals surface area contributed by atoms with Crippen molar-refractivity contribution in [1.29, 1.82) is 0 Å². The van der Waals surface area contributed by atoms with Crippen molar-refractivity contribution < 1.29 is 24.2 Å². The van der Waals surface area contributed by atoms with Crippen LogP contribution in [0.15, 0.2) is 23.0 Å². The van der Waals surface area contributed by atoms with Crippen LogP contribution in [0.2, 0.25) is 0 Å². The van der Waals surface area contributed by atoms with E-state index in [1.807, 2.05) is 13.0 Å². The standard InChI is InChI=1S/C17H22O5/c1-8-11-5-12-9(2)13(21-10(3)18)6-15(19)17(12,4)7-14(11)22-16(8)20/h7,9,12-13,15,19H,5-6H2,1-4H3/t9-,12-,13+,15-,17+/m1/s1. The third-order valence-corrected chi connectivity index (χ3v) is 5.64. The van der Waals surface area contributed by atoms with Crippen LogP contribution in [0.25, 0.3) is 0 Å². The van der Waals surface area contributed by atoms with Crippen LogP contribution in [0.5, 0.6) is 0 Å². The number of ether oxygens (including phenoxy) is 2. The van der Waals surface area contributed by atoms with Crippen molar-refractivity contribution >= 4 is 11.9 Å². The van der Waals surface area contributed by atoms with E-state index in [1.54, 1.807) is 6.92 Å². The fourth-order valence-corrected chi connectivity index (χ4v) is 4.16. The van der Waals surface area contributed by atoms with Crippen LogP contribution < -0.4 is 0 Å². The predicted octanol–water partition coefficient (Wildman–Crippen LogP) is 2.10. The summed E-state index contributed by atoms with van der Waals surface area (Å²) in [4.78, 5) is 23.1. The lowest BCUT2D eigenvalue weighted by atomic mass is 9.56. The Balaban J connectivity index is 1.99. The summed E-state index contributed by atoms with van der Waals surface area (Å²) < 4.78 is 10.7. The van der Waals surface area contributed by atoms with Gasteiger partial charge in [-0.2, -0.15) is 0 Å². The molecular weight excluding hydrogens is 284 g/mol. The summed E-state index contributed by atoms with van der Waals surface area (Å²) in [6, 6.07) is 0. The van der Waals surface area contributed by atoms with E-state index >= 15 is 0 Å². The molecule has 5 atom stereocenters. The molecule has 0 spiro atoms. The number of hydrogen-bond donors (Lipinski definition) is 1. The minimum absolute atomic E-state index is 0.101. The van der Waals surface area contributed by atoms with E-state index in [1.165, 1.54) is 6.92 Å². The lowest BCUT2D eigenvalue weighted by Crippen LogP contribution is -2.53. The number of aliphatic hydroxyl groups is 1. The van der Waals surface area contributed by atoms with Gasteiger partial charge in [-0.3, -0.25) is 4.79 Å². The van der Waals surface area contributed by atoms with Crippen molar-refractivity contribution in [2.45, 2.75) is 52.7 Å². The minimum Gasteiger partial charge on any atom is -0.462 e. The van der Waals surface area contributed by atoms with Crippen LogP contribution in [0.3, 0.4) is 0 Å². The van der Waals surface area contributed by atoms with Crippen LogP contribution in [0, 0.1) is 17.3 Å². The second-order valence-electron chi connectivity index (χ2n) is 6.94. The summed E-state index contributed by atoms with van der Waals surface area (Å²) in [6.45, 7) is 7.21. The first-order valence-electron chi connectivity index (χ1n) is 7.74. The predicted molar refractivity (Wildman–Crippen MR) is 78.4 cm³/mol. The highest BCUT2D eigenvalue weighted by Gasteiger charge is 2.54. The van der Waals surface area contributed by atoms with Gasteiger partial charge in [-0.15, -0.1) is 0 Å². The first-order chi connectivity index (χ1) is 10.2. The molecule has 1 fully saturated rings. The van der Waals surface area contributed by atoms with Gasteiger partial charge in [0.25, 0.3) is 0 Å². The highest BCUT2D eigenvalue weighted by Crippen LogP contribution is 2.54. The van der Waals surface area contributed by atoms with Gasteiger partial charge in [-0.05, 0) is 31.3 Å². The molecule has 0 unspecified atom stereocenters. The molecule has 5 heteroatoms. The zero-order chi connectivity index (χ0) is 16.2. The molecule has 1 heterocycles. The lowest BCUT2D eigenvalue weighted by Gasteiger charge is -2.51. The van der Waals surface area contributed by atoms with Crippen molar-refractivity contribution in [2.75, 3.05) is 0 Å². The summed E-state index contributed by atoms with van der Waals surface area (Å²) in [5.74, 6) is 0.171. The molecule has 0 bridgehead atoms. The molecule has 120 valence electrons. The number of carbonyl (C=O) groups excluding carboxylic acids is 2. The third-order valence-electron chi connectivity index (χ3n) is 5.64. The maximum absolute atomic E-state index is 11.8. The molecular formula is C17H22O5. The molecule has 0 aromatic carbocycles. The van der Waals surface area contributed by atoms with E-state index in [4.69, 9.17) is 9.47 Å². The maximum Gasteiger partial charge on any atom is 0.339 e. The van der Waals surface area contributed by atoms with Gasteiger partial charge in [-0.25, -0.2) is 4.79 Å². The van der Waals surface area contributed by atoms with Gasteiger partial charge in [0, 0.05) is 29.9 Å². The SMILES string of the molecule is CC(=O)O[C@H]1C[C@@H](O)[C@@]2(C)C=C3OC(=O)C(C)=C3C[C@@H]2[C@H]1C. The summed E-state index contributed by atoms with van der Waals surface area (Å²) in [6.07, 6.45) is 2.04. The highest BCUT2D eigenvalue weighted by atomic mass is 16.5. The fourth-order valence-electron chi connectivity index (χ4n) is 4.16. The second kappa shape index (κ2) is 4.95. The molecule has 1 aliphatic heterocycles. The molecule has 22 heavy (non-hydrogen) atoms. The number of hydrogen-bond acceptors (Lipinski definition) is 5. The Bertz CT molecular complexity index is 602. The summed E-state index contributed by atoms with van der Waals surface area (Å²) >= 11 is 0. The van der Waals surface area contributed by atoms with E-state index in [9.17, 15) is 14.7 Å². The van der Waals surface area contributed by atoms with Crippen LogP contribution in [-0.4, -0.2) is 29.3 Å². The van der Waals surface area contributed by atoms with E-state index < -0.39 is 11.5 Å². The van der Waals surface area contributed by atoms with E-state index in [0.717, 1.165) is 5.57 Å². The number of aliphatic hydroxyl groups excluding tert-OH is 1. The number of carbonyl (C=O) groups is 2. The molecule has 0 aromatic heterocycles. The molecule has 3 rings (SSSR count). The van der Waals surface area contributed by atoms with Crippen LogP contribution in [0.4, 0.5) is 0 Å². The first kappa shape index (κ1) is 15.3. The summed E-state index contributed by atoms with van der Waals surface area (Å²) in [7, 11) is 0. The molecule has 0 amide bonds. The Labute approximate surface area is 130 Å². The average Bonchev–Trinajstić information content (AvgIpc) is 2.69. The summed E-state index contributed by atoms with van der Waals surface area (Å²) in [5, 5.41) is 10.6. The van der Waals surface area contributed by atoms with Gasteiger partial charge in [0.2, 0.25) is 0 Å². The van der Waals surface area contributed by atoms with Crippen molar-refractivity contribution in [2.24, 2.45) is 17.3 Å². The number of esters is 2. The molecule has 0 aromatic rings. The van der Waals surface area contributed by atoms with Crippen LogP contribution in [0.1, 0.15) is 40.5 Å². The Morgan fingerprint density at radius 3 is 2.82 bits per heavy atom. The van der Waals surface area contributed by atoms with E-state index in [0.29, 0.717) is 24.2 Å². The fraction of sp³-hybridized carbons (Fsp3) is 0.647. The van der Waals surface area contributed by atoms with Crippen LogP contribution in [-0.2, 0) is 19.1 Å². The van der Waals surface area contributed by atoms with Crippen LogP contribution >= 0.6 is 0 Å². The molecule has 2 aliphatic carbocycles. The molecule has 3 aliphatic rings. The highest BCUT2D eigenvalue weighted by molar-refractivity contribution is 5.94. The molecule has 5 nitrogen and oxygen atoms in total. The van der Waals surface area contributed by atoms with E-state index in [-0.39, 0.29) is 29.9 Å². The maximum atomic E-state index is 11.8. The van der Waals surface area contributed by atoms with Gasteiger partial charge in [0.1, 0.15) is 11.9 Å². The number of allylic oxidation sites excluding steroid dienone is 1. The van der Waals surface area contributed by atoms with Crippen molar-refractivity contribution in [1.82, 2.24) is 0 Å². The van der Waals surface area contributed by atoms with E-state index in [2.05, 4.69) is 6.92 Å². The Kier molecular flexibility index (Phi) is 3.44. The molecule has 1 saturated carbocycles. The molecule has 0 saturated heterocycles.